The maximum Gasteiger partial charge on any atom is 0.140 e. The SMILES string of the molecule is CCN1C(C=O)C(N)C(N2CCC(N(C)C)C2)N1CC. The molecule has 0 bridgehead atoms. The Kier molecular flexibility index (Phi) is 5.14. The van der Waals surface area contributed by atoms with Gasteiger partial charge in [-0.25, -0.2) is 10.0 Å². The standard InChI is InChI=1S/C14H29N5O/c1-5-18-12(10-20)13(15)14(19(18)6-2)17-8-7-11(9-17)16(3)4/h10-14H,5-9,15H2,1-4H3. The van der Waals surface area contributed by atoms with Gasteiger partial charge < -0.3 is 15.4 Å². The predicted molar refractivity (Wildman–Crippen MR) is 80.0 cm³/mol. The van der Waals surface area contributed by atoms with E-state index in [0.717, 1.165) is 32.5 Å². The zero-order chi connectivity index (χ0) is 14.9. The van der Waals surface area contributed by atoms with Crippen molar-refractivity contribution in [1.29, 1.82) is 0 Å². The molecule has 0 spiro atoms. The third-order valence-corrected chi connectivity index (χ3v) is 4.80. The second kappa shape index (κ2) is 6.49. The predicted octanol–water partition coefficient (Wildman–Crippen LogP) is -0.584. The lowest BCUT2D eigenvalue weighted by molar-refractivity contribution is -0.117. The average Bonchev–Trinajstić information content (AvgIpc) is 3.00. The summed E-state index contributed by atoms with van der Waals surface area (Å²) in [7, 11) is 4.26. The minimum Gasteiger partial charge on any atom is -0.323 e. The Morgan fingerprint density at radius 3 is 2.35 bits per heavy atom. The highest BCUT2D eigenvalue weighted by Gasteiger charge is 2.48. The molecule has 20 heavy (non-hydrogen) atoms. The summed E-state index contributed by atoms with van der Waals surface area (Å²) in [6, 6.07) is 0.267. The number of carbonyl (C=O) groups is 1. The van der Waals surface area contributed by atoms with Gasteiger partial charge in [-0.2, -0.15) is 0 Å². The van der Waals surface area contributed by atoms with Crippen LogP contribution in [0.15, 0.2) is 0 Å². The maximum atomic E-state index is 11.4. The summed E-state index contributed by atoms with van der Waals surface area (Å²) in [4.78, 5) is 16.1. The molecule has 2 aliphatic rings. The molecule has 0 radical (unpaired) electrons. The summed E-state index contributed by atoms with van der Waals surface area (Å²) < 4.78 is 0. The molecule has 6 nitrogen and oxygen atoms in total. The minimum absolute atomic E-state index is 0.131. The van der Waals surface area contributed by atoms with Crippen molar-refractivity contribution < 1.29 is 4.79 Å². The topological polar surface area (TPSA) is 56.1 Å². The van der Waals surface area contributed by atoms with Crippen LogP contribution in [0.5, 0.6) is 0 Å². The molecule has 0 aliphatic carbocycles. The number of carbonyl (C=O) groups excluding carboxylic acids is 1. The van der Waals surface area contributed by atoms with Crippen LogP contribution in [0.2, 0.25) is 0 Å². The second-order valence-electron chi connectivity index (χ2n) is 6.03. The molecule has 2 N–H and O–H groups in total. The second-order valence-corrected chi connectivity index (χ2v) is 6.03. The van der Waals surface area contributed by atoms with Crippen LogP contribution in [-0.2, 0) is 4.79 Å². The van der Waals surface area contributed by atoms with Crippen molar-refractivity contribution in [2.75, 3.05) is 40.3 Å². The number of hydrogen-bond acceptors (Lipinski definition) is 6. The number of likely N-dealkylation sites (tertiary alicyclic amines) is 1. The van der Waals surface area contributed by atoms with Crippen molar-refractivity contribution in [1.82, 2.24) is 19.8 Å². The van der Waals surface area contributed by atoms with Crippen molar-refractivity contribution in [2.45, 2.75) is 44.6 Å². The summed E-state index contributed by atoms with van der Waals surface area (Å²) in [5, 5.41) is 4.41. The number of hydrazine groups is 1. The zero-order valence-corrected chi connectivity index (χ0v) is 13.2. The highest BCUT2D eigenvalue weighted by atomic mass is 16.1. The third kappa shape index (κ3) is 2.63. The molecule has 2 heterocycles. The molecule has 2 rings (SSSR count). The number of nitrogens with zero attached hydrogens (tertiary/aromatic N) is 4. The maximum absolute atomic E-state index is 11.4. The Bertz CT molecular complexity index is 338. The fraction of sp³-hybridized carbons (Fsp3) is 0.929. The van der Waals surface area contributed by atoms with Gasteiger partial charge in [-0.15, -0.1) is 0 Å². The van der Waals surface area contributed by atoms with Crippen LogP contribution in [0.3, 0.4) is 0 Å². The lowest BCUT2D eigenvalue weighted by atomic mass is 10.1. The summed E-state index contributed by atoms with van der Waals surface area (Å²) in [6.45, 7) is 8.02. The van der Waals surface area contributed by atoms with E-state index < -0.39 is 0 Å². The smallest absolute Gasteiger partial charge is 0.140 e. The number of nitrogens with two attached hydrogens (primary N) is 1. The van der Waals surface area contributed by atoms with Crippen LogP contribution >= 0.6 is 0 Å². The van der Waals surface area contributed by atoms with Gasteiger partial charge in [0, 0.05) is 32.2 Å². The van der Waals surface area contributed by atoms with Gasteiger partial charge in [0.05, 0.1) is 18.2 Å². The number of rotatable bonds is 5. The lowest BCUT2D eigenvalue weighted by Gasteiger charge is -2.36. The van der Waals surface area contributed by atoms with E-state index in [4.69, 9.17) is 5.73 Å². The van der Waals surface area contributed by atoms with E-state index >= 15 is 0 Å². The molecule has 0 saturated carbocycles. The largest absolute Gasteiger partial charge is 0.323 e. The highest BCUT2D eigenvalue weighted by Crippen LogP contribution is 2.28. The van der Waals surface area contributed by atoms with Crippen molar-refractivity contribution in [2.24, 2.45) is 5.73 Å². The van der Waals surface area contributed by atoms with E-state index in [-0.39, 0.29) is 18.2 Å². The number of aldehydes is 1. The Morgan fingerprint density at radius 1 is 1.25 bits per heavy atom. The average molecular weight is 283 g/mol. The summed E-state index contributed by atoms with van der Waals surface area (Å²) >= 11 is 0. The molecular weight excluding hydrogens is 254 g/mol. The zero-order valence-electron chi connectivity index (χ0n) is 13.2. The van der Waals surface area contributed by atoms with Crippen molar-refractivity contribution in [3.63, 3.8) is 0 Å². The van der Waals surface area contributed by atoms with Crippen molar-refractivity contribution in [3.8, 4) is 0 Å². The first-order valence-corrected chi connectivity index (χ1v) is 7.69. The molecule has 116 valence electrons. The van der Waals surface area contributed by atoms with Gasteiger partial charge in [0.2, 0.25) is 0 Å². The van der Waals surface area contributed by atoms with Crippen molar-refractivity contribution >= 4 is 6.29 Å². The van der Waals surface area contributed by atoms with Gasteiger partial charge in [0.25, 0.3) is 0 Å². The van der Waals surface area contributed by atoms with Crippen LogP contribution in [0.4, 0.5) is 0 Å². The van der Waals surface area contributed by atoms with Gasteiger partial charge in [0.1, 0.15) is 6.29 Å². The van der Waals surface area contributed by atoms with Crippen molar-refractivity contribution in [3.05, 3.63) is 0 Å². The first-order chi connectivity index (χ1) is 9.54. The van der Waals surface area contributed by atoms with Gasteiger partial charge in [-0.3, -0.25) is 4.90 Å². The first kappa shape index (κ1) is 15.9. The quantitative estimate of drug-likeness (QED) is 0.681. The summed E-state index contributed by atoms with van der Waals surface area (Å²) in [5.74, 6) is 0. The number of likely N-dealkylation sites (N-methyl/N-ethyl adjacent to an activating group) is 3. The summed E-state index contributed by atoms with van der Waals surface area (Å²) in [5.41, 5.74) is 6.40. The monoisotopic (exact) mass is 283 g/mol. The van der Waals surface area contributed by atoms with Gasteiger partial charge in [-0.1, -0.05) is 13.8 Å². The van der Waals surface area contributed by atoms with E-state index in [0.29, 0.717) is 6.04 Å². The fourth-order valence-corrected chi connectivity index (χ4v) is 3.68. The Morgan fingerprint density at radius 2 is 1.90 bits per heavy atom. The molecule has 0 amide bonds. The van der Waals surface area contributed by atoms with E-state index in [9.17, 15) is 4.79 Å². The molecule has 0 aromatic carbocycles. The van der Waals surface area contributed by atoms with Crippen LogP contribution < -0.4 is 5.73 Å². The molecule has 4 atom stereocenters. The highest BCUT2D eigenvalue weighted by molar-refractivity contribution is 5.60. The van der Waals surface area contributed by atoms with Gasteiger partial charge in [0.15, 0.2) is 0 Å². The normalized spacial score (nSPS) is 37.1. The molecule has 2 aliphatic heterocycles. The third-order valence-electron chi connectivity index (χ3n) is 4.80. The van der Waals surface area contributed by atoms with Crippen LogP contribution in [0.1, 0.15) is 20.3 Å². The Balaban J connectivity index is 2.15. The van der Waals surface area contributed by atoms with Gasteiger partial charge in [-0.05, 0) is 20.5 Å². The lowest BCUT2D eigenvalue weighted by Crippen LogP contribution is -2.54. The van der Waals surface area contributed by atoms with Crippen LogP contribution in [0, 0.1) is 0 Å². The molecular formula is C14H29N5O. The van der Waals surface area contributed by atoms with Gasteiger partial charge >= 0.3 is 0 Å². The molecule has 0 aromatic heterocycles. The Labute approximate surface area is 122 Å². The van der Waals surface area contributed by atoms with Crippen LogP contribution in [-0.4, -0.2) is 90.7 Å². The minimum atomic E-state index is -0.191. The molecule has 2 saturated heterocycles. The number of hydrogen-bond donors (Lipinski definition) is 1. The molecule has 0 aromatic rings. The fourth-order valence-electron chi connectivity index (χ4n) is 3.68. The Hall–Kier alpha value is -0.530. The molecule has 6 heteroatoms. The first-order valence-electron chi connectivity index (χ1n) is 7.69. The van der Waals surface area contributed by atoms with Crippen LogP contribution in [0.25, 0.3) is 0 Å². The van der Waals surface area contributed by atoms with E-state index in [2.05, 4.69) is 47.8 Å². The van der Waals surface area contributed by atoms with E-state index in [1.54, 1.807) is 0 Å². The summed E-state index contributed by atoms with van der Waals surface area (Å²) in [6.07, 6.45) is 2.34. The van der Waals surface area contributed by atoms with E-state index in [1.165, 1.54) is 6.42 Å². The van der Waals surface area contributed by atoms with E-state index in [1.807, 2.05) is 0 Å². The molecule has 2 fully saturated rings. The molecule has 4 unspecified atom stereocenters.